The number of amides is 3. The average Bonchev–Trinajstić information content (AvgIpc) is 2.68. The molecule has 1 saturated heterocycles. The minimum Gasteiger partial charge on any atom is -0.375 e. The predicted molar refractivity (Wildman–Crippen MR) is 66.3 cm³/mol. The Bertz CT molecular complexity index is 445. The van der Waals surface area contributed by atoms with Crippen molar-refractivity contribution in [2.24, 2.45) is 0 Å². The molecule has 96 valence electrons. The zero-order valence-electron chi connectivity index (χ0n) is 9.85. The largest absolute Gasteiger partial charge is 0.375 e. The molecule has 1 N–H and O–H groups in total. The summed E-state index contributed by atoms with van der Waals surface area (Å²) >= 11 is 5.81. The van der Waals surface area contributed by atoms with Gasteiger partial charge in [-0.25, -0.2) is 4.79 Å². The fourth-order valence-electron chi connectivity index (χ4n) is 1.80. The number of benzene rings is 1. The van der Waals surface area contributed by atoms with Crippen LogP contribution >= 0.6 is 11.6 Å². The number of carbonyl (C=O) groups is 2. The van der Waals surface area contributed by atoms with Gasteiger partial charge in [-0.2, -0.15) is 0 Å². The van der Waals surface area contributed by atoms with Crippen molar-refractivity contribution in [1.82, 2.24) is 10.2 Å². The summed E-state index contributed by atoms with van der Waals surface area (Å²) in [5.74, 6) is -0.240. The first kappa shape index (κ1) is 12.9. The number of rotatable bonds is 4. The van der Waals surface area contributed by atoms with Gasteiger partial charge in [0.2, 0.25) is 5.91 Å². The van der Waals surface area contributed by atoms with Crippen molar-refractivity contribution in [3.05, 3.63) is 34.9 Å². The Hall–Kier alpha value is -1.59. The molecular formula is C12H13ClN2O3. The lowest BCUT2D eigenvalue weighted by Gasteiger charge is -2.20. The van der Waals surface area contributed by atoms with Crippen LogP contribution in [0.4, 0.5) is 4.79 Å². The lowest BCUT2D eigenvalue weighted by molar-refractivity contribution is -0.126. The number of nitrogens with one attached hydrogen (secondary N) is 1. The van der Waals surface area contributed by atoms with Crippen LogP contribution in [-0.2, 0) is 9.53 Å². The van der Waals surface area contributed by atoms with Gasteiger partial charge in [-0.3, -0.25) is 9.69 Å². The molecule has 0 saturated carbocycles. The highest BCUT2D eigenvalue weighted by Crippen LogP contribution is 2.21. The monoisotopic (exact) mass is 268 g/mol. The molecule has 1 aromatic rings. The van der Waals surface area contributed by atoms with Crippen LogP contribution in [0.25, 0.3) is 0 Å². The second kappa shape index (κ2) is 5.37. The van der Waals surface area contributed by atoms with Gasteiger partial charge in [0.15, 0.2) is 0 Å². The van der Waals surface area contributed by atoms with Crippen LogP contribution in [0.15, 0.2) is 24.3 Å². The Morgan fingerprint density at radius 1 is 1.39 bits per heavy atom. The standard InChI is InChI=1S/C12H13ClN2O3/c1-18-10(8-2-4-9(13)5-3-8)7-15-11(16)6-14-12(15)17/h2-5,10H,6-7H2,1H3,(H,14,17)/t10-/m0/s1. The van der Waals surface area contributed by atoms with Crippen molar-refractivity contribution in [1.29, 1.82) is 0 Å². The number of carbonyl (C=O) groups excluding carboxylic acids is 2. The number of nitrogens with zero attached hydrogens (tertiary/aromatic N) is 1. The lowest BCUT2D eigenvalue weighted by atomic mass is 10.1. The van der Waals surface area contributed by atoms with Gasteiger partial charge >= 0.3 is 6.03 Å². The van der Waals surface area contributed by atoms with Gasteiger partial charge < -0.3 is 10.1 Å². The Morgan fingerprint density at radius 3 is 2.56 bits per heavy atom. The van der Waals surface area contributed by atoms with E-state index in [1.807, 2.05) is 12.1 Å². The first-order chi connectivity index (χ1) is 8.61. The van der Waals surface area contributed by atoms with Gasteiger partial charge in [0.1, 0.15) is 6.10 Å². The molecule has 1 atom stereocenters. The molecule has 1 fully saturated rings. The van der Waals surface area contributed by atoms with Gasteiger partial charge in [0.05, 0.1) is 13.1 Å². The molecule has 5 nitrogen and oxygen atoms in total. The third kappa shape index (κ3) is 2.63. The van der Waals surface area contributed by atoms with E-state index >= 15 is 0 Å². The molecule has 0 aliphatic carbocycles. The van der Waals surface area contributed by atoms with E-state index in [0.717, 1.165) is 10.5 Å². The maximum atomic E-state index is 11.5. The van der Waals surface area contributed by atoms with Crippen molar-refractivity contribution in [2.75, 3.05) is 20.2 Å². The quantitative estimate of drug-likeness (QED) is 0.844. The Kier molecular flexibility index (Phi) is 3.84. The first-order valence-corrected chi connectivity index (χ1v) is 5.86. The van der Waals surface area contributed by atoms with Crippen molar-refractivity contribution in [3.63, 3.8) is 0 Å². The fraction of sp³-hybridized carbons (Fsp3) is 0.333. The van der Waals surface area contributed by atoms with Crippen molar-refractivity contribution in [3.8, 4) is 0 Å². The molecule has 1 aliphatic rings. The molecule has 0 spiro atoms. The highest BCUT2D eigenvalue weighted by atomic mass is 35.5. The molecule has 3 amide bonds. The number of halogens is 1. The van der Waals surface area contributed by atoms with Crippen LogP contribution in [0, 0.1) is 0 Å². The molecule has 18 heavy (non-hydrogen) atoms. The summed E-state index contributed by atoms with van der Waals surface area (Å²) in [6, 6.07) is 6.74. The van der Waals surface area contributed by atoms with Gasteiger partial charge in [0, 0.05) is 12.1 Å². The van der Waals surface area contributed by atoms with Crippen molar-refractivity contribution < 1.29 is 14.3 Å². The highest BCUT2D eigenvalue weighted by molar-refractivity contribution is 6.30. The van der Waals surface area contributed by atoms with Gasteiger partial charge in [0.25, 0.3) is 0 Å². The summed E-state index contributed by atoms with van der Waals surface area (Å²) in [5, 5.41) is 3.10. The molecule has 1 heterocycles. The average molecular weight is 269 g/mol. The number of methoxy groups -OCH3 is 1. The topological polar surface area (TPSA) is 58.6 Å². The minimum absolute atomic E-state index is 0.0515. The van der Waals surface area contributed by atoms with Crippen molar-refractivity contribution in [2.45, 2.75) is 6.10 Å². The fourth-order valence-corrected chi connectivity index (χ4v) is 1.93. The Balaban J connectivity index is 2.12. The molecule has 6 heteroatoms. The number of hydrogen-bond acceptors (Lipinski definition) is 3. The highest BCUT2D eigenvalue weighted by Gasteiger charge is 2.31. The summed E-state index contributed by atoms with van der Waals surface area (Å²) < 4.78 is 5.32. The van der Waals surface area contributed by atoms with E-state index in [2.05, 4.69) is 5.32 Å². The zero-order valence-corrected chi connectivity index (χ0v) is 10.6. The van der Waals surface area contributed by atoms with Crippen LogP contribution in [0.1, 0.15) is 11.7 Å². The molecule has 2 rings (SSSR count). The molecule has 0 radical (unpaired) electrons. The summed E-state index contributed by atoms with van der Waals surface area (Å²) in [7, 11) is 1.54. The van der Waals surface area contributed by atoms with E-state index in [4.69, 9.17) is 16.3 Å². The number of hydrogen-bond donors (Lipinski definition) is 1. The minimum atomic E-state index is -0.379. The van der Waals surface area contributed by atoms with Gasteiger partial charge in [-0.15, -0.1) is 0 Å². The van der Waals surface area contributed by atoms with E-state index in [9.17, 15) is 9.59 Å². The molecular weight excluding hydrogens is 256 g/mol. The van der Waals surface area contributed by atoms with E-state index in [1.165, 1.54) is 7.11 Å². The molecule has 1 aromatic carbocycles. The maximum absolute atomic E-state index is 11.5. The van der Waals surface area contributed by atoms with E-state index in [-0.39, 0.29) is 31.1 Å². The number of imide groups is 1. The first-order valence-electron chi connectivity index (χ1n) is 5.48. The van der Waals surface area contributed by atoms with Crippen LogP contribution in [0.2, 0.25) is 5.02 Å². The second-order valence-corrected chi connectivity index (χ2v) is 4.38. The van der Waals surface area contributed by atoms with Gasteiger partial charge in [-0.05, 0) is 17.7 Å². The maximum Gasteiger partial charge on any atom is 0.324 e. The summed E-state index contributed by atoms with van der Waals surface area (Å²) in [6.07, 6.45) is -0.352. The van der Waals surface area contributed by atoms with E-state index in [0.29, 0.717) is 5.02 Å². The lowest BCUT2D eigenvalue weighted by Crippen LogP contribution is -2.35. The SMILES string of the molecule is CO[C@@H](CN1C(=O)CNC1=O)c1ccc(Cl)cc1. The molecule has 0 unspecified atom stereocenters. The smallest absolute Gasteiger partial charge is 0.324 e. The van der Waals surface area contributed by atoms with Crippen LogP contribution < -0.4 is 5.32 Å². The Morgan fingerprint density at radius 2 is 2.06 bits per heavy atom. The van der Waals surface area contributed by atoms with E-state index < -0.39 is 0 Å². The zero-order chi connectivity index (χ0) is 13.1. The summed E-state index contributed by atoms with van der Waals surface area (Å²) in [6.45, 7) is 0.249. The molecule has 0 aromatic heterocycles. The summed E-state index contributed by atoms with van der Waals surface area (Å²) in [4.78, 5) is 24.1. The molecule has 1 aliphatic heterocycles. The third-order valence-electron chi connectivity index (χ3n) is 2.81. The second-order valence-electron chi connectivity index (χ2n) is 3.94. The van der Waals surface area contributed by atoms with Crippen molar-refractivity contribution >= 4 is 23.5 Å². The Labute approximate surface area is 110 Å². The normalized spacial score (nSPS) is 16.9. The number of urea groups is 1. The van der Waals surface area contributed by atoms with E-state index in [1.54, 1.807) is 12.1 Å². The third-order valence-corrected chi connectivity index (χ3v) is 3.06. The van der Waals surface area contributed by atoms with Gasteiger partial charge in [-0.1, -0.05) is 23.7 Å². The predicted octanol–water partition coefficient (Wildman–Crippen LogP) is 1.58. The van der Waals surface area contributed by atoms with Crippen LogP contribution in [0.5, 0.6) is 0 Å². The van der Waals surface area contributed by atoms with Crippen LogP contribution in [0.3, 0.4) is 0 Å². The number of ether oxygens (including phenoxy) is 1. The molecule has 0 bridgehead atoms. The van der Waals surface area contributed by atoms with Crippen LogP contribution in [-0.4, -0.2) is 37.0 Å². The summed E-state index contributed by atoms with van der Waals surface area (Å²) in [5.41, 5.74) is 0.870.